The zero-order valence-corrected chi connectivity index (χ0v) is 12.3. The number of nitro groups is 1. The Hall–Kier alpha value is -2.56. The number of non-ortho nitro benzene ring substituents is 1. The van der Waals surface area contributed by atoms with Gasteiger partial charge in [-0.05, 0) is 37.6 Å². The van der Waals surface area contributed by atoms with Crippen molar-refractivity contribution < 1.29 is 9.66 Å². The molecule has 0 aliphatic carbocycles. The van der Waals surface area contributed by atoms with Crippen LogP contribution in [0.1, 0.15) is 24.1 Å². The van der Waals surface area contributed by atoms with E-state index in [1.165, 1.54) is 12.1 Å². The number of aryl methyl sites for hydroxylation is 1. The van der Waals surface area contributed by atoms with E-state index >= 15 is 0 Å². The minimum absolute atomic E-state index is 0.0296. The van der Waals surface area contributed by atoms with Gasteiger partial charge in [0.1, 0.15) is 5.75 Å². The molecule has 110 valence electrons. The van der Waals surface area contributed by atoms with Gasteiger partial charge in [-0.2, -0.15) is 0 Å². The molecular formula is C16H18N2O3. The van der Waals surface area contributed by atoms with Gasteiger partial charge in [-0.15, -0.1) is 0 Å². The topological polar surface area (TPSA) is 64.4 Å². The molecule has 0 saturated heterocycles. The van der Waals surface area contributed by atoms with E-state index in [0.717, 1.165) is 22.6 Å². The first-order valence-corrected chi connectivity index (χ1v) is 6.67. The van der Waals surface area contributed by atoms with Crippen molar-refractivity contribution in [1.29, 1.82) is 0 Å². The molecule has 2 rings (SSSR count). The Labute approximate surface area is 123 Å². The minimum Gasteiger partial charge on any atom is -0.496 e. The summed E-state index contributed by atoms with van der Waals surface area (Å²) in [6, 6.07) is 12.5. The maximum atomic E-state index is 10.6. The van der Waals surface area contributed by atoms with Crippen molar-refractivity contribution in [2.45, 2.75) is 19.9 Å². The first kappa shape index (κ1) is 14.8. The minimum atomic E-state index is -0.407. The first-order chi connectivity index (χ1) is 10.0. The van der Waals surface area contributed by atoms with Gasteiger partial charge in [-0.1, -0.05) is 12.1 Å². The summed E-state index contributed by atoms with van der Waals surface area (Å²) in [6.07, 6.45) is 0. The van der Waals surface area contributed by atoms with Crippen molar-refractivity contribution in [3.63, 3.8) is 0 Å². The number of nitrogens with zero attached hydrogens (tertiary/aromatic N) is 1. The molecule has 1 unspecified atom stereocenters. The van der Waals surface area contributed by atoms with Crippen LogP contribution in [0.2, 0.25) is 0 Å². The lowest BCUT2D eigenvalue weighted by molar-refractivity contribution is -0.384. The van der Waals surface area contributed by atoms with Crippen LogP contribution >= 0.6 is 0 Å². The monoisotopic (exact) mass is 286 g/mol. The summed E-state index contributed by atoms with van der Waals surface area (Å²) >= 11 is 0. The van der Waals surface area contributed by atoms with Crippen molar-refractivity contribution in [3.05, 3.63) is 63.7 Å². The second kappa shape index (κ2) is 6.26. The third-order valence-electron chi connectivity index (χ3n) is 3.32. The van der Waals surface area contributed by atoms with Gasteiger partial charge in [0.15, 0.2) is 0 Å². The fourth-order valence-electron chi connectivity index (χ4n) is 2.18. The summed E-state index contributed by atoms with van der Waals surface area (Å²) < 4.78 is 5.41. The molecule has 21 heavy (non-hydrogen) atoms. The summed E-state index contributed by atoms with van der Waals surface area (Å²) in [5.41, 5.74) is 3.09. The fourth-order valence-corrected chi connectivity index (χ4v) is 2.18. The van der Waals surface area contributed by atoms with Crippen LogP contribution in [-0.4, -0.2) is 12.0 Å². The maximum absolute atomic E-state index is 10.6. The third-order valence-corrected chi connectivity index (χ3v) is 3.32. The lowest BCUT2D eigenvalue weighted by Gasteiger charge is -2.18. The molecule has 1 atom stereocenters. The molecule has 0 heterocycles. The van der Waals surface area contributed by atoms with Crippen LogP contribution in [0.25, 0.3) is 0 Å². The Morgan fingerprint density at radius 1 is 1.19 bits per heavy atom. The van der Waals surface area contributed by atoms with E-state index in [1.54, 1.807) is 19.2 Å². The Kier molecular flexibility index (Phi) is 4.42. The summed E-state index contributed by atoms with van der Waals surface area (Å²) in [4.78, 5) is 10.2. The molecule has 2 aromatic carbocycles. The van der Waals surface area contributed by atoms with Gasteiger partial charge >= 0.3 is 0 Å². The average Bonchev–Trinajstić information content (AvgIpc) is 2.47. The number of rotatable bonds is 5. The van der Waals surface area contributed by atoms with Crippen LogP contribution in [0.4, 0.5) is 11.4 Å². The molecule has 2 aromatic rings. The quantitative estimate of drug-likeness (QED) is 0.664. The van der Waals surface area contributed by atoms with Crippen LogP contribution in [0.5, 0.6) is 5.75 Å². The van der Waals surface area contributed by atoms with Crippen LogP contribution < -0.4 is 10.1 Å². The average molecular weight is 286 g/mol. The highest BCUT2D eigenvalue weighted by Gasteiger charge is 2.12. The van der Waals surface area contributed by atoms with Gasteiger partial charge in [-0.3, -0.25) is 10.1 Å². The SMILES string of the molecule is COc1cc(C)ccc1C(C)Nc1ccc([N+](=O)[O-])cc1. The predicted octanol–water partition coefficient (Wildman–Crippen LogP) is 4.08. The standard InChI is InChI=1S/C16H18N2O3/c1-11-4-9-15(16(10-11)21-3)12(2)17-13-5-7-14(8-6-13)18(19)20/h4-10,12,17H,1-3H3. The second-order valence-corrected chi connectivity index (χ2v) is 4.92. The lowest BCUT2D eigenvalue weighted by Crippen LogP contribution is -2.08. The van der Waals surface area contributed by atoms with E-state index < -0.39 is 4.92 Å². The van der Waals surface area contributed by atoms with Gasteiger partial charge in [0.2, 0.25) is 0 Å². The first-order valence-electron chi connectivity index (χ1n) is 6.67. The Balaban J connectivity index is 2.17. The van der Waals surface area contributed by atoms with Gasteiger partial charge in [0, 0.05) is 23.4 Å². The molecule has 5 nitrogen and oxygen atoms in total. The van der Waals surface area contributed by atoms with Crippen LogP contribution in [-0.2, 0) is 0 Å². The third kappa shape index (κ3) is 3.51. The van der Waals surface area contributed by atoms with E-state index in [9.17, 15) is 10.1 Å². The molecule has 0 aromatic heterocycles. The van der Waals surface area contributed by atoms with E-state index in [1.807, 2.05) is 32.0 Å². The summed E-state index contributed by atoms with van der Waals surface area (Å²) in [5.74, 6) is 0.830. The number of methoxy groups -OCH3 is 1. The van der Waals surface area contributed by atoms with Crippen molar-refractivity contribution in [1.82, 2.24) is 0 Å². The Bertz CT molecular complexity index is 638. The fraction of sp³-hybridized carbons (Fsp3) is 0.250. The van der Waals surface area contributed by atoms with Gasteiger partial charge < -0.3 is 10.1 Å². The molecule has 5 heteroatoms. The predicted molar refractivity (Wildman–Crippen MR) is 82.9 cm³/mol. The number of hydrogen-bond acceptors (Lipinski definition) is 4. The molecule has 0 bridgehead atoms. The van der Waals surface area contributed by atoms with Crippen molar-refractivity contribution in [3.8, 4) is 5.75 Å². The zero-order chi connectivity index (χ0) is 15.4. The summed E-state index contributed by atoms with van der Waals surface area (Å²) in [5, 5.41) is 14.0. The second-order valence-electron chi connectivity index (χ2n) is 4.92. The Morgan fingerprint density at radius 2 is 1.86 bits per heavy atom. The molecule has 0 aliphatic heterocycles. The normalized spacial score (nSPS) is 11.8. The van der Waals surface area contributed by atoms with Gasteiger partial charge in [-0.25, -0.2) is 0 Å². The van der Waals surface area contributed by atoms with Crippen molar-refractivity contribution in [2.24, 2.45) is 0 Å². The molecule has 1 N–H and O–H groups in total. The number of ether oxygens (including phenoxy) is 1. The molecule has 0 aliphatic rings. The zero-order valence-electron chi connectivity index (χ0n) is 12.3. The molecule has 0 saturated carbocycles. The summed E-state index contributed by atoms with van der Waals surface area (Å²) in [7, 11) is 1.65. The molecule has 0 amide bonds. The van der Waals surface area contributed by atoms with E-state index in [-0.39, 0.29) is 11.7 Å². The smallest absolute Gasteiger partial charge is 0.269 e. The molecule has 0 fully saturated rings. The summed E-state index contributed by atoms with van der Waals surface area (Å²) in [6.45, 7) is 4.04. The number of nitrogens with one attached hydrogen (secondary N) is 1. The molecule has 0 radical (unpaired) electrons. The van der Waals surface area contributed by atoms with Crippen LogP contribution in [0, 0.1) is 17.0 Å². The van der Waals surface area contributed by atoms with Crippen molar-refractivity contribution in [2.75, 3.05) is 12.4 Å². The number of benzene rings is 2. The molecular weight excluding hydrogens is 268 g/mol. The highest BCUT2D eigenvalue weighted by atomic mass is 16.6. The number of anilines is 1. The van der Waals surface area contributed by atoms with Crippen molar-refractivity contribution >= 4 is 11.4 Å². The lowest BCUT2D eigenvalue weighted by atomic mass is 10.0. The molecule has 0 spiro atoms. The van der Waals surface area contributed by atoms with Crippen LogP contribution in [0.3, 0.4) is 0 Å². The van der Waals surface area contributed by atoms with E-state index in [4.69, 9.17) is 4.74 Å². The van der Waals surface area contributed by atoms with E-state index in [2.05, 4.69) is 5.32 Å². The van der Waals surface area contributed by atoms with Gasteiger partial charge in [0.05, 0.1) is 18.1 Å². The highest BCUT2D eigenvalue weighted by Crippen LogP contribution is 2.29. The van der Waals surface area contributed by atoms with E-state index in [0.29, 0.717) is 0 Å². The number of hydrogen-bond donors (Lipinski definition) is 1. The largest absolute Gasteiger partial charge is 0.496 e. The van der Waals surface area contributed by atoms with Gasteiger partial charge in [0.25, 0.3) is 5.69 Å². The number of nitro benzene ring substituents is 1. The highest BCUT2D eigenvalue weighted by molar-refractivity contribution is 5.51. The maximum Gasteiger partial charge on any atom is 0.269 e. The van der Waals surface area contributed by atoms with Crippen LogP contribution in [0.15, 0.2) is 42.5 Å². The Morgan fingerprint density at radius 3 is 2.43 bits per heavy atom.